The molecular weight excluding hydrogens is 394 g/mol. The van der Waals surface area contributed by atoms with Crippen molar-refractivity contribution in [3.05, 3.63) is 77.9 Å². The maximum atomic E-state index is 4.05. The van der Waals surface area contributed by atoms with Crippen LogP contribution in [0.1, 0.15) is 49.3 Å². The summed E-state index contributed by atoms with van der Waals surface area (Å²) >= 11 is 0. The van der Waals surface area contributed by atoms with E-state index in [1.165, 1.54) is 41.2 Å². The van der Waals surface area contributed by atoms with Crippen molar-refractivity contribution < 1.29 is 0 Å². The van der Waals surface area contributed by atoms with Crippen LogP contribution in [-0.2, 0) is 0 Å². The molecule has 1 unspecified atom stereocenters. The molecule has 1 fully saturated rings. The van der Waals surface area contributed by atoms with Crippen molar-refractivity contribution in [2.75, 3.05) is 0 Å². The van der Waals surface area contributed by atoms with Crippen molar-refractivity contribution in [3.63, 3.8) is 0 Å². The van der Waals surface area contributed by atoms with Gasteiger partial charge in [-0.1, -0.05) is 66.7 Å². The van der Waals surface area contributed by atoms with Crippen LogP contribution in [0.15, 0.2) is 66.7 Å². The lowest BCUT2D eigenvalue weighted by Crippen LogP contribution is -2.29. The fraction of sp³-hybridized carbons (Fsp3) is 0.292. The number of aromatic amines is 1. The topological polar surface area (TPSA) is 66.5 Å². The van der Waals surface area contributed by atoms with Crippen LogP contribution in [0.5, 0.6) is 0 Å². The molecule has 30 heavy (non-hydrogen) atoms. The van der Waals surface area contributed by atoms with Gasteiger partial charge < -0.3 is 5.32 Å². The van der Waals surface area contributed by atoms with Crippen LogP contribution in [0.4, 0.5) is 0 Å². The van der Waals surface area contributed by atoms with E-state index in [-0.39, 0.29) is 12.4 Å². The van der Waals surface area contributed by atoms with Crippen LogP contribution in [0.3, 0.4) is 0 Å². The summed E-state index contributed by atoms with van der Waals surface area (Å²) in [5, 5.41) is 20.8. The van der Waals surface area contributed by atoms with Crippen LogP contribution in [-0.4, -0.2) is 26.7 Å². The van der Waals surface area contributed by atoms with Gasteiger partial charge in [-0.2, -0.15) is 5.21 Å². The summed E-state index contributed by atoms with van der Waals surface area (Å²) in [5.74, 6) is 1.25. The molecule has 0 aliphatic heterocycles. The summed E-state index contributed by atoms with van der Waals surface area (Å²) in [6.45, 7) is 2.29. The summed E-state index contributed by atoms with van der Waals surface area (Å²) in [7, 11) is 0. The van der Waals surface area contributed by atoms with Crippen molar-refractivity contribution >= 4 is 23.2 Å². The van der Waals surface area contributed by atoms with Gasteiger partial charge in [-0.05, 0) is 59.2 Å². The first-order valence-electron chi connectivity index (χ1n) is 10.4. The molecule has 2 N–H and O–H groups in total. The average Bonchev–Trinajstić information content (AvgIpc) is 3.46. The monoisotopic (exact) mass is 419 g/mol. The number of nitrogens with zero attached hydrogens (tertiary/aromatic N) is 3. The molecule has 6 heteroatoms. The zero-order chi connectivity index (χ0) is 19.6. The Morgan fingerprint density at radius 2 is 1.77 bits per heavy atom. The van der Waals surface area contributed by atoms with Crippen LogP contribution in [0.2, 0.25) is 0 Å². The summed E-state index contributed by atoms with van der Waals surface area (Å²) in [5.41, 5.74) is 3.79. The fourth-order valence-electron chi connectivity index (χ4n) is 4.70. The molecule has 0 radical (unpaired) electrons. The van der Waals surface area contributed by atoms with Crippen molar-refractivity contribution in [2.45, 2.75) is 44.2 Å². The van der Waals surface area contributed by atoms with E-state index < -0.39 is 0 Å². The van der Waals surface area contributed by atoms with E-state index in [4.69, 9.17) is 0 Å². The van der Waals surface area contributed by atoms with Crippen LogP contribution < -0.4 is 5.32 Å². The predicted octanol–water partition coefficient (Wildman–Crippen LogP) is 5.43. The van der Waals surface area contributed by atoms with E-state index in [2.05, 4.69) is 99.6 Å². The maximum absolute atomic E-state index is 4.05. The van der Waals surface area contributed by atoms with Gasteiger partial charge in [0.05, 0.1) is 0 Å². The molecule has 0 bridgehead atoms. The number of tetrazole rings is 1. The number of aromatic nitrogens is 4. The van der Waals surface area contributed by atoms with Crippen LogP contribution in [0, 0.1) is 0 Å². The first-order chi connectivity index (χ1) is 14.3. The Hall–Kier alpha value is -2.76. The Labute approximate surface area is 182 Å². The standard InChI is InChI=1S/C24H25N5.ClH/c1-16(22-8-4-6-18-5-2-3-7-23(18)22)25-21-14-13-20(15-21)17-9-11-19(12-10-17)24-26-28-29-27-24;/h2-12,16,20-21,25H,13-15H2,1H3,(H,26,27,28,29);1H/t16-,20+,21?;/m1./s1. The van der Waals surface area contributed by atoms with Gasteiger partial charge in [0.2, 0.25) is 5.82 Å². The van der Waals surface area contributed by atoms with Crippen LogP contribution >= 0.6 is 12.4 Å². The highest BCUT2D eigenvalue weighted by molar-refractivity contribution is 5.86. The fourth-order valence-corrected chi connectivity index (χ4v) is 4.70. The number of nitrogens with one attached hydrogen (secondary N) is 2. The normalized spacial score (nSPS) is 19.5. The SMILES string of the molecule is C[C@@H](NC1CC[C@H](c2ccc(-c3nn[nH]n3)cc2)C1)c1cccc2ccccc12.Cl. The molecule has 1 aliphatic rings. The Kier molecular flexibility index (Phi) is 6.11. The Morgan fingerprint density at radius 1 is 0.967 bits per heavy atom. The summed E-state index contributed by atoms with van der Waals surface area (Å²) < 4.78 is 0. The Morgan fingerprint density at radius 3 is 2.57 bits per heavy atom. The third-order valence-electron chi connectivity index (χ3n) is 6.19. The number of hydrogen-bond acceptors (Lipinski definition) is 4. The number of benzene rings is 3. The van der Waals surface area contributed by atoms with Gasteiger partial charge in [-0.25, -0.2) is 0 Å². The molecule has 3 aromatic carbocycles. The maximum Gasteiger partial charge on any atom is 0.204 e. The average molecular weight is 420 g/mol. The first kappa shape index (κ1) is 20.5. The molecule has 3 atom stereocenters. The van der Waals surface area contributed by atoms with E-state index in [9.17, 15) is 0 Å². The summed E-state index contributed by atoms with van der Waals surface area (Å²) in [6.07, 6.45) is 3.62. The number of rotatable bonds is 5. The second kappa shape index (κ2) is 8.94. The van der Waals surface area contributed by atoms with E-state index in [0.29, 0.717) is 23.8 Å². The highest BCUT2D eigenvalue weighted by atomic mass is 35.5. The highest BCUT2D eigenvalue weighted by Crippen LogP contribution is 2.36. The number of halogens is 1. The Balaban J connectivity index is 0.00000218. The van der Waals surface area contributed by atoms with Crippen molar-refractivity contribution in [2.24, 2.45) is 0 Å². The lowest BCUT2D eigenvalue weighted by atomic mass is 9.96. The highest BCUT2D eigenvalue weighted by Gasteiger charge is 2.27. The summed E-state index contributed by atoms with van der Waals surface area (Å²) in [4.78, 5) is 0. The number of hydrogen-bond donors (Lipinski definition) is 2. The van der Waals surface area contributed by atoms with E-state index in [0.717, 1.165) is 5.56 Å². The number of fused-ring (bicyclic) bond motifs is 1. The molecular formula is C24H26ClN5. The smallest absolute Gasteiger partial charge is 0.204 e. The molecule has 0 spiro atoms. The molecule has 5 nitrogen and oxygen atoms in total. The third kappa shape index (κ3) is 4.09. The molecule has 1 saturated carbocycles. The predicted molar refractivity (Wildman–Crippen MR) is 123 cm³/mol. The van der Waals surface area contributed by atoms with E-state index in [1.54, 1.807) is 0 Å². The van der Waals surface area contributed by atoms with Gasteiger partial charge in [0, 0.05) is 17.6 Å². The minimum atomic E-state index is 0. The minimum absolute atomic E-state index is 0. The van der Waals surface area contributed by atoms with E-state index >= 15 is 0 Å². The van der Waals surface area contributed by atoms with Gasteiger partial charge in [0.1, 0.15) is 0 Å². The van der Waals surface area contributed by atoms with Gasteiger partial charge in [-0.3, -0.25) is 0 Å². The first-order valence-corrected chi connectivity index (χ1v) is 10.4. The molecule has 1 heterocycles. The van der Waals surface area contributed by atoms with Gasteiger partial charge >= 0.3 is 0 Å². The molecule has 5 rings (SSSR count). The quantitative estimate of drug-likeness (QED) is 0.452. The second-order valence-electron chi connectivity index (χ2n) is 8.02. The lowest BCUT2D eigenvalue weighted by Gasteiger charge is -2.21. The van der Waals surface area contributed by atoms with Crippen molar-refractivity contribution in [1.29, 1.82) is 0 Å². The van der Waals surface area contributed by atoms with Gasteiger partial charge in [-0.15, -0.1) is 22.6 Å². The minimum Gasteiger partial charge on any atom is -0.307 e. The molecule has 0 saturated heterocycles. The lowest BCUT2D eigenvalue weighted by molar-refractivity contribution is 0.459. The van der Waals surface area contributed by atoms with Crippen molar-refractivity contribution in [3.8, 4) is 11.4 Å². The third-order valence-corrected chi connectivity index (χ3v) is 6.19. The molecule has 1 aliphatic carbocycles. The zero-order valence-electron chi connectivity index (χ0n) is 17.0. The largest absolute Gasteiger partial charge is 0.307 e. The van der Waals surface area contributed by atoms with Gasteiger partial charge in [0.25, 0.3) is 0 Å². The van der Waals surface area contributed by atoms with Crippen LogP contribution in [0.25, 0.3) is 22.2 Å². The van der Waals surface area contributed by atoms with Crippen molar-refractivity contribution in [1.82, 2.24) is 25.9 Å². The summed E-state index contributed by atoms with van der Waals surface area (Å²) in [6, 6.07) is 24.8. The second-order valence-corrected chi connectivity index (χ2v) is 8.02. The molecule has 154 valence electrons. The molecule has 1 aromatic heterocycles. The zero-order valence-corrected chi connectivity index (χ0v) is 17.8. The van der Waals surface area contributed by atoms with E-state index in [1.807, 2.05) is 0 Å². The Bertz CT molecular complexity index is 1090. The number of H-pyrrole nitrogens is 1. The molecule has 4 aromatic rings. The molecule has 0 amide bonds. The van der Waals surface area contributed by atoms with Gasteiger partial charge in [0.15, 0.2) is 0 Å².